The Kier molecular flexibility index (Phi) is 3.11. The van der Waals surface area contributed by atoms with Crippen LogP contribution in [-0.4, -0.2) is 48.8 Å². The molecule has 0 aromatic heterocycles. The van der Waals surface area contributed by atoms with E-state index in [0.29, 0.717) is 39.1 Å². The Labute approximate surface area is 93.7 Å². The third kappa shape index (κ3) is 2.33. The molecule has 6 nitrogen and oxygen atoms in total. The lowest BCUT2D eigenvalue weighted by molar-refractivity contribution is -0.187. The molecule has 0 aliphatic carbocycles. The van der Waals surface area contributed by atoms with Crippen molar-refractivity contribution < 1.29 is 19.1 Å². The van der Waals surface area contributed by atoms with Crippen molar-refractivity contribution >= 4 is 11.8 Å². The fourth-order valence-corrected chi connectivity index (χ4v) is 2.14. The number of nitrogens with two attached hydrogens (primary N) is 1. The zero-order valence-corrected chi connectivity index (χ0v) is 9.11. The predicted molar refractivity (Wildman–Crippen MR) is 54.3 cm³/mol. The molecule has 0 bridgehead atoms. The second-order valence-electron chi connectivity index (χ2n) is 4.13. The van der Waals surface area contributed by atoms with Crippen molar-refractivity contribution in [3.8, 4) is 0 Å². The number of carbonyl (C=O) groups excluding carboxylic acids is 2. The van der Waals surface area contributed by atoms with Gasteiger partial charge in [-0.1, -0.05) is 0 Å². The maximum absolute atomic E-state index is 11.6. The third-order valence-corrected chi connectivity index (χ3v) is 3.02. The third-order valence-electron chi connectivity index (χ3n) is 3.02. The molecule has 6 heteroatoms. The van der Waals surface area contributed by atoms with Crippen molar-refractivity contribution in [2.45, 2.75) is 25.0 Å². The Bertz CT molecular complexity index is 289. The first-order valence-electron chi connectivity index (χ1n) is 5.45. The number of nitrogens with zero attached hydrogens (tertiary/aromatic N) is 1. The van der Waals surface area contributed by atoms with Gasteiger partial charge in [0.05, 0.1) is 13.2 Å². The fourth-order valence-electron chi connectivity index (χ4n) is 2.14. The van der Waals surface area contributed by atoms with Crippen molar-refractivity contribution in [2.24, 2.45) is 5.73 Å². The Morgan fingerprint density at radius 3 is 2.25 bits per heavy atom. The van der Waals surface area contributed by atoms with E-state index in [9.17, 15) is 9.59 Å². The second kappa shape index (κ2) is 4.39. The van der Waals surface area contributed by atoms with Crippen molar-refractivity contribution in [3.05, 3.63) is 0 Å². The molecule has 16 heavy (non-hydrogen) atoms. The number of ether oxygens (including phenoxy) is 2. The molecule has 0 unspecified atom stereocenters. The van der Waals surface area contributed by atoms with Crippen LogP contribution in [-0.2, 0) is 19.1 Å². The second-order valence-corrected chi connectivity index (χ2v) is 4.13. The average molecular weight is 228 g/mol. The van der Waals surface area contributed by atoms with Gasteiger partial charge in [0.1, 0.15) is 6.42 Å². The van der Waals surface area contributed by atoms with E-state index < -0.39 is 11.7 Å². The normalized spacial score (nSPS) is 23.6. The van der Waals surface area contributed by atoms with Crippen molar-refractivity contribution in [2.75, 3.05) is 26.3 Å². The maximum Gasteiger partial charge on any atom is 0.232 e. The number of piperidine rings is 1. The summed E-state index contributed by atoms with van der Waals surface area (Å²) in [5.74, 6) is -1.28. The van der Waals surface area contributed by atoms with E-state index in [2.05, 4.69) is 0 Å². The average Bonchev–Trinajstić information content (AvgIpc) is 2.66. The molecule has 2 N–H and O–H groups in total. The van der Waals surface area contributed by atoms with Crippen molar-refractivity contribution in [1.82, 2.24) is 4.90 Å². The fraction of sp³-hybridized carbons (Fsp3) is 0.800. The first-order chi connectivity index (χ1) is 7.61. The smallest absolute Gasteiger partial charge is 0.232 e. The van der Waals surface area contributed by atoms with E-state index in [1.807, 2.05) is 0 Å². The molecule has 90 valence electrons. The van der Waals surface area contributed by atoms with Crippen molar-refractivity contribution in [1.29, 1.82) is 0 Å². The minimum Gasteiger partial charge on any atom is -0.369 e. The highest BCUT2D eigenvalue weighted by Gasteiger charge is 2.40. The lowest BCUT2D eigenvalue weighted by atomic mass is 10.0. The number of hydrogen-bond donors (Lipinski definition) is 1. The molecule has 2 saturated heterocycles. The maximum atomic E-state index is 11.6. The van der Waals surface area contributed by atoms with E-state index in [4.69, 9.17) is 15.2 Å². The van der Waals surface area contributed by atoms with E-state index in [-0.39, 0.29) is 12.3 Å². The molecule has 2 amide bonds. The number of primary amides is 1. The Hall–Kier alpha value is -1.14. The first kappa shape index (κ1) is 11.3. The topological polar surface area (TPSA) is 81.9 Å². The van der Waals surface area contributed by atoms with E-state index in [1.165, 1.54) is 0 Å². The van der Waals surface area contributed by atoms with E-state index in [1.54, 1.807) is 4.90 Å². The number of likely N-dealkylation sites (tertiary alicyclic amines) is 1. The summed E-state index contributed by atoms with van der Waals surface area (Å²) in [5.41, 5.74) is 4.98. The molecule has 0 aromatic rings. The highest BCUT2D eigenvalue weighted by Crippen LogP contribution is 2.31. The van der Waals surface area contributed by atoms with Crippen LogP contribution in [0.5, 0.6) is 0 Å². The van der Waals surface area contributed by atoms with Gasteiger partial charge >= 0.3 is 0 Å². The van der Waals surface area contributed by atoms with Gasteiger partial charge in [0.25, 0.3) is 0 Å². The van der Waals surface area contributed by atoms with Gasteiger partial charge in [-0.15, -0.1) is 0 Å². The Morgan fingerprint density at radius 2 is 1.75 bits per heavy atom. The van der Waals surface area contributed by atoms with Crippen LogP contribution in [0.15, 0.2) is 0 Å². The standard InChI is InChI=1S/C10H16N2O4/c11-8(13)7-9(14)12-3-1-10(2-4-12)15-5-6-16-10/h1-7H2,(H2,11,13). The highest BCUT2D eigenvalue weighted by molar-refractivity contribution is 5.96. The van der Waals surface area contributed by atoms with Crippen LogP contribution in [0.1, 0.15) is 19.3 Å². The molecule has 0 atom stereocenters. The van der Waals surface area contributed by atoms with Crippen LogP contribution in [0, 0.1) is 0 Å². The van der Waals surface area contributed by atoms with Crippen LogP contribution in [0.25, 0.3) is 0 Å². The van der Waals surface area contributed by atoms with Crippen LogP contribution in [0.4, 0.5) is 0 Å². The molecular formula is C10H16N2O4. The summed E-state index contributed by atoms with van der Waals surface area (Å²) in [6.07, 6.45) is 1.11. The summed E-state index contributed by atoms with van der Waals surface area (Å²) in [5, 5.41) is 0. The number of amides is 2. The molecule has 0 radical (unpaired) electrons. The summed E-state index contributed by atoms with van der Waals surface area (Å²) in [6, 6.07) is 0. The summed E-state index contributed by atoms with van der Waals surface area (Å²) < 4.78 is 11.1. The van der Waals surface area contributed by atoms with Crippen LogP contribution in [0.2, 0.25) is 0 Å². The SMILES string of the molecule is NC(=O)CC(=O)N1CCC2(CC1)OCCO2. The zero-order valence-electron chi connectivity index (χ0n) is 9.11. The zero-order chi connectivity index (χ0) is 11.6. The van der Waals surface area contributed by atoms with Gasteiger partial charge < -0.3 is 20.1 Å². The minimum absolute atomic E-state index is 0.208. The van der Waals surface area contributed by atoms with Gasteiger partial charge in [-0.2, -0.15) is 0 Å². The molecule has 2 rings (SSSR count). The lowest BCUT2D eigenvalue weighted by Crippen LogP contribution is -2.47. The molecule has 0 saturated carbocycles. The molecule has 2 fully saturated rings. The summed E-state index contributed by atoms with van der Waals surface area (Å²) in [7, 11) is 0. The molecular weight excluding hydrogens is 212 g/mol. The Morgan fingerprint density at radius 1 is 1.19 bits per heavy atom. The molecule has 2 aliphatic heterocycles. The quantitative estimate of drug-likeness (QED) is 0.629. The monoisotopic (exact) mass is 228 g/mol. The van der Waals surface area contributed by atoms with Crippen molar-refractivity contribution in [3.63, 3.8) is 0 Å². The molecule has 0 aromatic carbocycles. The number of carbonyl (C=O) groups is 2. The Balaban J connectivity index is 1.85. The summed E-state index contributed by atoms with van der Waals surface area (Å²) in [6.45, 7) is 2.36. The van der Waals surface area contributed by atoms with Crippen LogP contribution < -0.4 is 5.73 Å². The number of rotatable bonds is 2. The predicted octanol–water partition coefficient (Wildman–Crippen LogP) is -0.773. The first-order valence-corrected chi connectivity index (χ1v) is 5.45. The number of hydrogen-bond acceptors (Lipinski definition) is 4. The molecule has 1 spiro atoms. The van der Waals surface area contributed by atoms with Gasteiger partial charge in [0.15, 0.2) is 5.79 Å². The van der Waals surface area contributed by atoms with Gasteiger partial charge in [-0.3, -0.25) is 9.59 Å². The molecule has 2 aliphatic rings. The van der Waals surface area contributed by atoms with Gasteiger partial charge in [-0.25, -0.2) is 0 Å². The largest absolute Gasteiger partial charge is 0.369 e. The van der Waals surface area contributed by atoms with Gasteiger partial charge in [0.2, 0.25) is 11.8 Å². The van der Waals surface area contributed by atoms with Gasteiger partial charge in [0, 0.05) is 25.9 Å². The molecule has 2 heterocycles. The summed E-state index contributed by atoms with van der Waals surface area (Å²) in [4.78, 5) is 23.8. The minimum atomic E-state index is -0.585. The highest BCUT2D eigenvalue weighted by atomic mass is 16.7. The lowest BCUT2D eigenvalue weighted by Gasteiger charge is -2.37. The van der Waals surface area contributed by atoms with E-state index >= 15 is 0 Å². The van der Waals surface area contributed by atoms with Crippen LogP contribution >= 0.6 is 0 Å². The van der Waals surface area contributed by atoms with Gasteiger partial charge in [-0.05, 0) is 0 Å². The summed E-state index contributed by atoms with van der Waals surface area (Å²) >= 11 is 0. The van der Waals surface area contributed by atoms with Crippen LogP contribution in [0.3, 0.4) is 0 Å². The van der Waals surface area contributed by atoms with E-state index in [0.717, 1.165) is 0 Å².